The zero-order chi connectivity index (χ0) is 24.8. The van der Waals surface area contributed by atoms with Crippen molar-refractivity contribution in [3.05, 3.63) is 71.8 Å². The van der Waals surface area contributed by atoms with E-state index >= 15 is 0 Å². The number of ether oxygens (including phenoxy) is 3. The van der Waals surface area contributed by atoms with Gasteiger partial charge in [-0.3, -0.25) is 0 Å². The van der Waals surface area contributed by atoms with Crippen LogP contribution in [-0.2, 0) is 14.2 Å². The van der Waals surface area contributed by atoms with E-state index in [2.05, 4.69) is 27.7 Å². The van der Waals surface area contributed by atoms with Gasteiger partial charge in [0.25, 0.3) is 0 Å². The van der Waals surface area contributed by atoms with Crippen molar-refractivity contribution in [2.24, 2.45) is 23.7 Å². The second-order valence-electron chi connectivity index (χ2n) is 11.0. The minimum Gasteiger partial charge on any atom is -0.452 e. The van der Waals surface area contributed by atoms with Crippen molar-refractivity contribution < 1.29 is 23.8 Å². The highest BCUT2D eigenvalue weighted by Crippen LogP contribution is 2.67. The standard InChI is InChI=1S/C30H36O5/c1-19(2)29-23-17-11-12-18-24(23)30(35-29,20(3)4)26(34-28(32)22-15-9-6-10-16-22)25(29)33-27(31)21-13-7-5-8-14-21/h5-10,13-16,19-20,23-26H,11-12,17-18H2,1-4H3. The minimum atomic E-state index is -0.693. The van der Waals surface area contributed by atoms with Crippen LogP contribution in [0.4, 0.5) is 0 Å². The van der Waals surface area contributed by atoms with Crippen LogP contribution in [0.5, 0.6) is 0 Å². The van der Waals surface area contributed by atoms with Gasteiger partial charge in [0.15, 0.2) is 12.2 Å². The topological polar surface area (TPSA) is 61.8 Å². The van der Waals surface area contributed by atoms with Crippen LogP contribution in [0, 0.1) is 23.7 Å². The highest BCUT2D eigenvalue weighted by Gasteiger charge is 2.79. The molecule has 35 heavy (non-hydrogen) atoms. The van der Waals surface area contributed by atoms with Crippen LogP contribution in [0.3, 0.4) is 0 Å². The van der Waals surface area contributed by atoms with Crippen molar-refractivity contribution in [1.82, 2.24) is 0 Å². The molecule has 2 aliphatic heterocycles. The van der Waals surface area contributed by atoms with E-state index < -0.39 is 35.3 Å². The number of carbonyl (C=O) groups excluding carboxylic acids is 2. The Balaban J connectivity index is 1.60. The van der Waals surface area contributed by atoms with Crippen LogP contribution in [-0.4, -0.2) is 35.3 Å². The number of hydrogen-bond acceptors (Lipinski definition) is 5. The van der Waals surface area contributed by atoms with Crippen molar-refractivity contribution in [3.8, 4) is 0 Å². The fraction of sp³-hybridized carbons (Fsp3) is 0.533. The third kappa shape index (κ3) is 3.62. The molecule has 0 radical (unpaired) electrons. The number of hydrogen-bond donors (Lipinski definition) is 0. The van der Waals surface area contributed by atoms with Crippen LogP contribution in [0.1, 0.15) is 74.1 Å². The van der Waals surface area contributed by atoms with Gasteiger partial charge in [-0.1, -0.05) is 76.9 Å². The Labute approximate surface area is 208 Å². The molecule has 0 amide bonds. The molecule has 1 saturated carbocycles. The summed E-state index contributed by atoms with van der Waals surface area (Å²) in [5.41, 5.74) is -0.412. The zero-order valence-electron chi connectivity index (χ0n) is 21.1. The molecule has 0 spiro atoms. The molecule has 2 saturated heterocycles. The minimum absolute atomic E-state index is 0.0859. The Morgan fingerprint density at radius 1 is 0.714 bits per heavy atom. The van der Waals surface area contributed by atoms with Gasteiger partial charge in [0.1, 0.15) is 11.2 Å². The van der Waals surface area contributed by atoms with E-state index in [4.69, 9.17) is 14.2 Å². The second kappa shape index (κ2) is 9.09. The molecule has 2 heterocycles. The molecule has 5 rings (SSSR count). The molecular formula is C30H36O5. The van der Waals surface area contributed by atoms with E-state index in [0.29, 0.717) is 11.1 Å². The number of rotatable bonds is 6. The van der Waals surface area contributed by atoms with Gasteiger partial charge in [-0.05, 0) is 60.8 Å². The van der Waals surface area contributed by atoms with Crippen molar-refractivity contribution >= 4 is 11.9 Å². The van der Waals surface area contributed by atoms with Crippen LogP contribution in [0.15, 0.2) is 60.7 Å². The number of carbonyl (C=O) groups is 2. The third-order valence-electron chi connectivity index (χ3n) is 8.73. The predicted octanol–water partition coefficient (Wildman–Crippen LogP) is 6.08. The molecular weight excluding hydrogens is 440 g/mol. The van der Waals surface area contributed by atoms with Gasteiger partial charge in [0, 0.05) is 0 Å². The first-order valence-corrected chi connectivity index (χ1v) is 13.0. The molecule has 3 aliphatic rings. The zero-order valence-corrected chi connectivity index (χ0v) is 21.1. The first kappa shape index (κ1) is 24.1. The fourth-order valence-electron chi connectivity index (χ4n) is 7.25. The van der Waals surface area contributed by atoms with Crippen LogP contribution in [0.2, 0.25) is 0 Å². The van der Waals surface area contributed by atoms with E-state index in [1.54, 1.807) is 24.3 Å². The summed E-state index contributed by atoms with van der Waals surface area (Å²) in [6, 6.07) is 18.1. The molecule has 5 nitrogen and oxygen atoms in total. The molecule has 6 atom stereocenters. The van der Waals surface area contributed by atoms with Crippen LogP contribution in [0.25, 0.3) is 0 Å². The first-order valence-electron chi connectivity index (χ1n) is 13.0. The van der Waals surface area contributed by atoms with Gasteiger partial charge in [-0.25, -0.2) is 9.59 Å². The lowest BCUT2D eigenvalue weighted by molar-refractivity contribution is -0.135. The SMILES string of the molecule is CC(C)C12OC(C(C)C)(C3CCCCC31)C(OC(=O)c1ccccc1)C2OC(=O)c1ccccc1. The predicted molar refractivity (Wildman–Crippen MR) is 133 cm³/mol. The maximum absolute atomic E-state index is 13.4. The molecule has 5 heteroatoms. The average Bonchev–Trinajstić information content (AvgIpc) is 3.35. The van der Waals surface area contributed by atoms with Gasteiger partial charge in [-0.2, -0.15) is 0 Å². The summed E-state index contributed by atoms with van der Waals surface area (Å²) in [5, 5.41) is 0. The summed E-state index contributed by atoms with van der Waals surface area (Å²) < 4.78 is 19.8. The molecule has 1 aliphatic carbocycles. The lowest BCUT2D eigenvalue weighted by Gasteiger charge is -2.50. The summed E-state index contributed by atoms with van der Waals surface area (Å²) in [6.45, 7) is 8.58. The molecule has 2 bridgehead atoms. The van der Waals surface area contributed by atoms with Gasteiger partial charge < -0.3 is 14.2 Å². The van der Waals surface area contributed by atoms with Gasteiger partial charge in [0.2, 0.25) is 0 Å². The monoisotopic (exact) mass is 476 g/mol. The van der Waals surface area contributed by atoms with Crippen LogP contribution >= 0.6 is 0 Å². The Morgan fingerprint density at radius 3 is 1.43 bits per heavy atom. The van der Waals surface area contributed by atoms with E-state index in [-0.39, 0.29) is 23.7 Å². The van der Waals surface area contributed by atoms with Gasteiger partial charge in [0.05, 0.1) is 11.1 Å². The molecule has 0 aromatic heterocycles. The largest absolute Gasteiger partial charge is 0.452 e. The average molecular weight is 477 g/mol. The molecule has 2 aromatic rings. The van der Waals surface area contributed by atoms with E-state index in [1.165, 1.54) is 0 Å². The quantitative estimate of drug-likeness (QED) is 0.473. The van der Waals surface area contributed by atoms with Gasteiger partial charge in [-0.15, -0.1) is 0 Å². The lowest BCUT2D eigenvalue weighted by atomic mass is 9.54. The number of esters is 2. The van der Waals surface area contributed by atoms with E-state index in [1.807, 2.05) is 36.4 Å². The summed E-state index contributed by atoms with van der Waals surface area (Å²) in [7, 11) is 0. The maximum Gasteiger partial charge on any atom is 0.338 e. The first-order chi connectivity index (χ1) is 16.8. The molecule has 6 unspecified atom stereocenters. The lowest BCUT2D eigenvalue weighted by Crippen LogP contribution is -2.64. The molecule has 2 aromatic carbocycles. The molecule has 186 valence electrons. The fourth-order valence-corrected chi connectivity index (χ4v) is 7.25. The normalized spacial score (nSPS) is 33.5. The Kier molecular flexibility index (Phi) is 6.25. The smallest absolute Gasteiger partial charge is 0.338 e. The van der Waals surface area contributed by atoms with E-state index in [0.717, 1.165) is 25.7 Å². The van der Waals surface area contributed by atoms with Crippen molar-refractivity contribution in [1.29, 1.82) is 0 Å². The van der Waals surface area contributed by atoms with Crippen molar-refractivity contribution in [2.75, 3.05) is 0 Å². The maximum atomic E-state index is 13.4. The van der Waals surface area contributed by atoms with Crippen LogP contribution < -0.4 is 0 Å². The summed E-state index contributed by atoms with van der Waals surface area (Å²) in [5.74, 6) is -0.110. The Hall–Kier alpha value is -2.66. The Bertz CT molecular complexity index is 979. The van der Waals surface area contributed by atoms with Crippen molar-refractivity contribution in [3.63, 3.8) is 0 Å². The summed E-state index contributed by atoms with van der Waals surface area (Å²) in [4.78, 5) is 26.7. The highest BCUT2D eigenvalue weighted by molar-refractivity contribution is 5.90. The van der Waals surface area contributed by atoms with E-state index in [9.17, 15) is 9.59 Å². The number of benzene rings is 2. The summed E-state index contributed by atoms with van der Waals surface area (Å²) >= 11 is 0. The second-order valence-corrected chi connectivity index (χ2v) is 11.0. The Morgan fingerprint density at radius 2 is 1.09 bits per heavy atom. The molecule has 3 fully saturated rings. The number of fused-ring (bicyclic) bond motifs is 5. The highest BCUT2D eigenvalue weighted by atomic mass is 16.7. The van der Waals surface area contributed by atoms with Gasteiger partial charge >= 0.3 is 11.9 Å². The van der Waals surface area contributed by atoms with Crippen molar-refractivity contribution in [2.45, 2.75) is 76.8 Å². The molecule has 0 N–H and O–H groups in total. The summed E-state index contributed by atoms with van der Waals surface area (Å²) in [6.07, 6.45) is 3.00. The third-order valence-corrected chi connectivity index (χ3v) is 8.73.